The third-order valence-electron chi connectivity index (χ3n) is 3.81. The highest BCUT2D eigenvalue weighted by Gasteiger charge is 2.25. The van der Waals surface area contributed by atoms with Gasteiger partial charge >= 0.3 is 0 Å². The van der Waals surface area contributed by atoms with E-state index in [2.05, 4.69) is 14.9 Å². The smallest absolute Gasteiger partial charge is 0.240 e. The van der Waals surface area contributed by atoms with Gasteiger partial charge in [0.1, 0.15) is 0 Å². The Morgan fingerprint density at radius 3 is 2.65 bits per heavy atom. The zero-order valence-corrected chi connectivity index (χ0v) is 15.3. The summed E-state index contributed by atoms with van der Waals surface area (Å²) in [6, 6.07) is 4.84. The number of fused-ring (bicyclic) bond motifs is 1. The van der Waals surface area contributed by atoms with Gasteiger partial charge in [0.05, 0.1) is 15.8 Å². The van der Waals surface area contributed by atoms with Crippen LogP contribution in [0.3, 0.4) is 0 Å². The molecule has 6 nitrogen and oxygen atoms in total. The number of benzene rings is 1. The summed E-state index contributed by atoms with van der Waals surface area (Å²) in [6.45, 7) is 8.71. The molecule has 1 aromatic rings. The lowest BCUT2D eigenvalue weighted by atomic mass is 10.3. The molecule has 1 heterocycles. The normalized spacial score (nSPS) is 17.9. The molecule has 1 aliphatic rings. The molecular weight excluding hydrogens is 334 g/mol. The van der Waals surface area contributed by atoms with Crippen molar-refractivity contribution in [1.29, 1.82) is 0 Å². The molecule has 0 radical (unpaired) electrons. The van der Waals surface area contributed by atoms with Crippen molar-refractivity contribution >= 4 is 33.4 Å². The van der Waals surface area contributed by atoms with Crippen molar-refractivity contribution in [3.05, 3.63) is 18.2 Å². The summed E-state index contributed by atoms with van der Waals surface area (Å²) in [5.74, 6) is -0.105. The first kappa shape index (κ1) is 18.3. The number of nitrogens with zero attached hydrogens (tertiary/aromatic N) is 1. The van der Waals surface area contributed by atoms with Crippen LogP contribution in [0.5, 0.6) is 0 Å². The van der Waals surface area contributed by atoms with Crippen molar-refractivity contribution in [2.75, 3.05) is 31.5 Å². The predicted molar refractivity (Wildman–Crippen MR) is 93.4 cm³/mol. The van der Waals surface area contributed by atoms with E-state index in [1.54, 1.807) is 12.1 Å². The first-order valence-electron chi connectivity index (χ1n) is 7.71. The van der Waals surface area contributed by atoms with Gasteiger partial charge in [0.2, 0.25) is 15.9 Å². The second kappa shape index (κ2) is 7.65. The highest BCUT2D eigenvalue weighted by atomic mass is 32.2. The quantitative estimate of drug-likeness (QED) is 0.777. The molecule has 1 unspecified atom stereocenters. The maximum Gasteiger partial charge on any atom is 0.240 e. The number of nitrogens with one attached hydrogen (secondary N) is 2. The van der Waals surface area contributed by atoms with Crippen LogP contribution in [0.25, 0.3) is 0 Å². The summed E-state index contributed by atoms with van der Waals surface area (Å²) in [6.07, 6.45) is 0. The second-order valence-electron chi connectivity index (χ2n) is 5.33. The standard InChI is InChI=1S/C15H23N3O3S2/c1-4-18(5-2)9-8-16-23(20,21)12-6-7-14-13(10-12)17-15(19)11(3)22-14/h6-7,10-11,16H,4-5,8-9H2,1-3H3,(H,17,19). The van der Waals surface area contributed by atoms with Gasteiger partial charge in [-0.25, -0.2) is 13.1 Å². The Hall–Kier alpha value is -1.09. The van der Waals surface area contributed by atoms with Crippen LogP contribution in [0.15, 0.2) is 28.0 Å². The van der Waals surface area contributed by atoms with Gasteiger partial charge in [-0.2, -0.15) is 0 Å². The molecule has 1 atom stereocenters. The van der Waals surface area contributed by atoms with Gasteiger partial charge in [0.15, 0.2) is 0 Å². The fourth-order valence-electron chi connectivity index (χ4n) is 2.32. The molecule has 2 N–H and O–H groups in total. The number of amides is 1. The van der Waals surface area contributed by atoms with Crippen LogP contribution < -0.4 is 10.0 Å². The molecule has 23 heavy (non-hydrogen) atoms. The Balaban J connectivity index is 2.09. The van der Waals surface area contributed by atoms with Crippen LogP contribution in [0.1, 0.15) is 20.8 Å². The molecule has 1 aliphatic heterocycles. The fraction of sp³-hybridized carbons (Fsp3) is 0.533. The third kappa shape index (κ3) is 4.47. The van der Waals surface area contributed by atoms with Gasteiger partial charge in [-0.15, -0.1) is 11.8 Å². The summed E-state index contributed by atoms with van der Waals surface area (Å²) in [5, 5.41) is 2.59. The van der Waals surface area contributed by atoms with Crippen molar-refractivity contribution in [2.45, 2.75) is 35.8 Å². The second-order valence-corrected chi connectivity index (χ2v) is 8.48. The molecule has 0 spiro atoms. The summed E-state index contributed by atoms with van der Waals surface area (Å²) in [4.78, 5) is 14.9. The molecular formula is C15H23N3O3S2. The number of thioether (sulfide) groups is 1. The van der Waals surface area contributed by atoms with Gasteiger partial charge in [-0.1, -0.05) is 13.8 Å². The van der Waals surface area contributed by atoms with Gasteiger partial charge in [-0.3, -0.25) is 4.79 Å². The molecule has 1 amide bonds. The number of hydrogen-bond acceptors (Lipinski definition) is 5. The maximum atomic E-state index is 12.4. The van der Waals surface area contributed by atoms with E-state index in [0.29, 0.717) is 18.8 Å². The first-order chi connectivity index (χ1) is 10.9. The van der Waals surface area contributed by atoms with Crippen molar-refractivity contribution < 1.29 is 13.2 Å². The highest BCUT2D eigenvalue weighted by molar-refractivity contribution is 8.01. The lowest BCUT2D eigenvalue weighted by molar-refractivity contribution is -0.115. The predicted octanol–water partition coefficient (Wildman–Crippen LogP) is 1.74. The maximum absolute atomic E-state index is 12.4. The SMILES string of the molecule is CCN(CC)CCNS(=O)(=O)c1ccc2c(c1)NC(=O)C(C)S2. The number of rotatable bonds is 7. The first-order valence-corrected chi connectivity index (χ1v) is 10.1. The van der Waals surface area contributed by atoms with Gasteiger partial charge in [0.25, 0.3) is 0 Å². The number of anilines is 1. The minimum absolute atomic E-state index is 0.105. The molecule has 0 aliphatic carbocycles. The van der Waals surface area contributed by atoms with E-state index in [0.717, 1.165) is 18.0 Å². The topological polar surface area (TPSA) is 78.5 Å². The molecule has 2 rings (SSSR count). The largest absolute Gasteiger partial charge is 0.324 e. The van der Waals surface area contributed by atoms with Crippen molar-refractivity contribution in [2.24, 2.45) is 0 Å². The molecule has 8 heteroatoms. The molecule has 0 bridgehead atoms. The molecule has 0 saturated carbocycles. The van der Waals surface area contributed by atoms with Crippen molar-refractivity contribution in [1.82, 2.24) is 9.62 Å². The van der Waals surface area contributed by atoms with E-state index < -0.39 is 10.0 Å². The zero-order valence-electron chi connectivity index (χ0n) is 13.6. The van der Waals surface area contributed by atoms with Crippen LogP contribution in [-0.2, 0) is 14.8 Å². The summed E-state index contributed by atoms with van der Waals surface area (Å²) in [7, 11) is -3.57. The number of sulfonamides is 1. The van der Waals surface area contributed by atoms with E-state index in [-0.39, 0.29) is 16.1 Å². The Morgan fingerprint density at radius 1 is 1.30 bits per heavy atom. The van der Waals surface area contributed by atoms with E-state index >= 15 is 0 Å². The van der Waals surface area contributed by atoms with Crippen LogP contribution in [0, 0.1) is 0 Å². The van der Waals surface area contributed by atoms with Crippen LogP contribution in [-0.4, -0.2) is 50.7 Å². The zero-order chi connectivity index (χ0) is 17.0. The minimum atomic E-state index is -3.57. The summed E-state index contributed by atoms with van der Waals surface area (Å²) in [5.41, 5.74) is 0.560. The number of likely N-dealkylation sites (N-methyl/N-ethyl adjacent to an activating group) is 1. The van der Waals surface area contributed by atoms with Crippen LogP contribution >= 0.6 is 11.8 Å². The van der Waals surface area contributed by atoms with Crippen molar-refractivity contribution in [3.8, 4) is 0 Å². The molecule has 0 aromatic heterocycles. The van der Waals surface area contributed by atoms with E-state index in [1.165, 1.54) is 17.8 Å². The van der Waals surface area contributed by atoms with E-state index in [9.17, 15) is 13.2 Å². The number of carbonyl (C=O) groups is 1. The van der Waals surface area contributed by atoms with Gasteiger partial charge in [-0.05, 0) is 38.2 Å². The molecule has 0 fully saturated rings. The minimum Gasteiger partial charge on any atom is -0.324 e. The summed E-state index contributed by atoms with van der Waals surface area (Å²) < 4.78 is 27.4. The Morgan fingerprint density at radius 2 is 2.00 bits per heavy atom. The molecule has 0 saturated heterocycles. The lowest BCUT2D eigenvalue weighted by Crippen LogP contribution is -2.35. The van der Waals surface area contributed by atoms with E-state index in [1.807, 2.05) is 20.8 Å². The Labute approximate surface area is 142 Å². The fourth-order valence-corrected chi connectivity index (χ4v) is 4.29. The third-order valence-corrected chi connectivity index (χ3v) is 6.44. The van der Waals surface area contributed by atoms with Gasteiger partial charge < -0.3 is 10.2 Å². The number of hydrogen-bond donors (Lipinski definition) is 2. The van der Waals surface area contributed by atoms with Crippen molar-refractivity contribution in [3.63, 3.8) is 0 Å². The Bertz CT molecular complexity index is 673. The Kier molecular flexibility index (Phi) is 6.07. The lowest BCUT2D eigenvalue weighted by Gasteiger charge is -2.22. The average molecular weight is 358 g/mol. The van der Waals surface area contributed by atoms with Gasteiger partial charge in [0, 0.05) is 18.0 Å². The monoisotopic (exact) mass is 357 g/mol. The van der Waals surface area contributed by atoms with Crippen LogP contribution in [0.2, 0.25) is 0 Å². The average Bonchev–Trinajstić information content (AvgIpc) is 2.52. The molecule has 128 valence electrons. The number of carbonyl (C=O) groups excluding carboxylic acids is 1. The van der Waals surface area contributed by atoms with Crippen LogP contribution in [0.4, 0.5) is 5.69 Å². The van der Waals surface area contributed by atoms with E-state index in [4.69, 9.17) is 0 Å². The molecule has 1 aromatic carbocycles. The summed E-state index contributed by atoms with van der Waals surface area (Å²) >= 11 is 1.43. The highest BCUT2D eigenvalue weighted by Crippen LogP contribution is 2.36.